The fourth-order valence-corrected chi connectivity index (χ4v) is 2.36. The molecule has 2 aromatic rings. The summed E-state index contributed by atoms with van der Waals surface area (Å²) in [7, 11) is 0. The number of aryl methyl sites for hydroxylation is 2. The molecule has 0 saturated heterocycles. The molecule has 0 bridgehead atoms. The van der Waals surface area contributed by atoms with Crippen LogP contribution in [0.5, 0.6) is 0 Å². The Morgan fingerprint density at radius 1 is 1.18 bits per heavy atom. The summed E-state index contributed by atoms with van der Waals surface area (Å²) < 4.78 is 0.946. The number of carbonyl (C=O) groups excluding carboxylic acids is 2. The second-order valence-corrected chi connectivity index (χ2v) is 5.77. The minimum Gasteiger partial charge on any atom is -0.342 e. The fourth-order valence-electron chi connectivity index (χ4n) is 1.88. The van der Waals surface area contributed by atoms with Crippen LogP contribution in [0.1, 0.15) is 21.7 Å². The Hall–Kier alpha value is -2.21. The number of nitrogens with one attached hydrogen (secondary N) is 2. The van der Waals surface area contributed by atoms with Gasteiger partial charge in [-0.25, -0.2) is 4.98 Å². The van der Waals surface area contributed by atoms with Crippen LogP contribution in [-0.4, -0.2) is 23.3 Å². The first-order valence-electron chi connectivity index (χ1n) is 6.73. The van der Waals surface area contributed by atoms with Crippen LogP contribution in [-0.2, 0) is 4.79 Å². The van der Waals surface area contributed by atoms with E-state index in [0.29, 0.717) is 5.69 Å². The summed E-state index contributed by atoms with van der Waals surface area (Å²) in [5.74, 6) is -0.655. The lowest BCUT2D eigenvalue weighted by atomic mass is 10.2. The normalized spacial score (nSPS) is 10.1. The number of benzene rings is 1. The molecule has 1 aromatic heterocycles. The third-order valence-electron chi connectivity index (χ3n) is 2.99. The first-order valence-corrected chi connectivity index (χ1v) is 7.53. The summed E-state index contributed by atoms with van der Waals surface area (Å²) in [4.78, 5) is 27.9. The highest BCUT2D eigenvalue weighted by molar-refractivity contribution is 9.10. The zero-order valence-electron chi connectivity index (χ0n) is 12.3. The van der Waals surface area contributed by atoms with Crippen LogP contribution in [0.4, 0.5) is 5.69 Å². The van der Waals surface area contributed by atoms with E-state index in [9.17, 15) is 9.59 Å². The number of pyridine rings is 1. The molecule has 2 rings (SSSR count). The molecule has 0 saturated carbocycles. The Morgan fingerprint density at radius 3 is 2.64 bits per heavy atom. The molecule has 0 radical (unpaired) electrons. The van der Waals surface area contributed by atoms with Crippen LogP contribution in [0.2, 0.25) is 0 Å². The quantitative estimate of drug-likeness (QED) is 0.879. The lowest BCUT2D eigenvalue weighted by Gasteiger charge is -2.09. The minimum absolute atomic E-state index is 0.107. The summed E-state index contributed by atoms with van der Waals surface area (Å²) in [6, 6.07) is 10.7. The third-order valence-corrected chi connectivity index (χ3v) is 3.49. The van der Waals surface area contributed by atoms with Gasteiger partial charge in [0.05, 0.1) is 6.54 Å². The monoisotopic (exact) mass is 361 g/mol. The van der Waals surface area contributed by atoms with Crippen molar-refractivity contribution in [1.82, 2.24) is 10.3 Å². The number of amides is 2. The van der Waals surface area contributed by atoms with Crippen LogP contribution < -0.4 is 10.6 Å². The van der Waals surface area contributed by atoms with E-state index < -0.39 is 0 Å². The first-order chi connectivity index (χ1) is 10.5. The van der Waals surface area contributed by atoms with Gasteiger partial charge >= 0.3 is 0 Å². The molecule has 114 valence electrons. The molecule has 2 amide bonds. The second-order valence-electron chi connectivity index (χ2n) is 4.85. The van der Waals surface area contributed by atoms with Crippen molar-refractivity contribution in [3.63, 3.8) is 0 Å². The average molecular weight is 362 g/mol. The zero-order valence-corrected chi connectivity index (χ0v) is 13.9. The molecule has 1 heterocycles. The number of rotatable bonds is 4. The van der Waals surface area contributed by atoms with E-state index in [1.807, 2.05) is 19.1 Å². The third kappa shape index (κ3) is 4.39. The topological polar surface area (TPSA) is 71.1 Å². The molecule has 0 atom stereocenters. The number of carbonyl (C=O) groups is 2. The van der Waals surface area contributed by atoms with Gasteiger partial charge in [-0.1, -0.05) is 22.0 Å². The van der Waals surface area contributed by atoms with E-state index in [1.165, 1.54) is 0 Å². The molecule has 1 aromatic carbocycles. The Labute approximate surface area is 137 Å². The van der Waals surface area contributed by atoms with Crippen molar-refractivity contribution in [3.8, 4) is 0 Å². The lowest BCUT2D eigenvalue weighted by molar-refractivity contribution is -0.115. The molecular formula is C16H16BrN3O2. The van der Waals surface area contributed by atoms with Crippen molar-refractivity contribution in [2.45, 2.75) is 13.8 Å². The summed E-state index contributed by atoms with van der Waals surface area (Å²) >= 11 is 3.37. The number of hydrogen-bond acceptors (Lipinski definition) is 3. The van der Waals surface area contributed by atoms with Crippen molar-refractivity contribution in [1.29, 1.82) is 0 Å². The van der Waals surface area contributed by atoms with Gasteiger partial charge in [0, 0.05) is 15.9 Å². The van der Waals surface area contributed by atoms with Crippen molar-refractivity contribution in [2.75, 3.05) is 11.9 Å². The van der Waals surface area contributed by atoms with Crippen molar-refractivity contribution >= 4 is 33.4 Å². The van der Waals surface area contributed by atoms with Crippen LogP contribution in [0.25, 0.3) is 0 Å². The molecule has 2 N–H and O–H groups in total. The Kier molecular flexibility index (Phi) is 5.27. The highest BCUT2D eigenvalue weighted by Gasteiger charge is 2.10. The van der Waals surface area contributed by atoms with Crippen LogP contribution in [0.3, 0.4) is 0 Å². The highest BCUT2D eigenvalue weighted by Crippen LogP contribution is 2.19. The molecule has 0 fully saturated rings. The summed E-state index contributed by atoms with van der Waals surface area (Å²) in [6.07, 6.45) is 0. The Bertz CT molecular complexity index is 716. The first kappa shape index (κ1) is 16.2. The van der Waals surface area contributed by atoms with E-state index in [2.05, 4.69) is 31.5 Å². The van der Waals surface area contributed by atoms with E-state index >= 15 is 0 Å². The van der Waals surface area contributed by atoms with E-state index in [0.717, 1.165) is 21.4 Å². The van der Waals surface area contributed by atoms with E-state index in [1.54, 1.807) is 31.2 Å². The number of nitrogens with zero attached hydrogens (tertiary/aromatic N) is 1. The molecule has 0 aliphatic carbocycles. The van der Waals surface area contributed by atoms with Gasteiger partial charge in [-0.05, 0) is 49.7 Å². The largest absolute Gasteiger partial charge is 0.342 e. The van der Waals surface area contributed by atoms with Crippen molar-refractivity contribution < 1.29 is 9.59 Å². The second kappa shape index (κ2) is 7.17. The maximum atomic E-state index is 11.9. The van der Waals surface area contributed by atoms with Crippen LogP contribution in [0, 0.1) is 13.8 Å². The zero-order chi connectivity index (χ0) is 16.1. The fraction of sp³-hybridized carbons (Fsp3) is 0.188. The predicted octanol–water partition coefficient (Wildman–Crippen LogP) is 2.83. The maximum Gasteiger partial charge on any atom is 0.270 e. The number of hydrogen-bond donors (Lipinski definition) is 2. The van der Waals surface area contributed by atoms with Gasteiger partial charge < -0.3 is 10.6 Å². The van der Waals surface area contributed by atoms with Crippen LogP contribution >= 0.6 is 15.9 Å². The summed E-state index contributed by atoms with van der Waals surface area (Å²) in [5, 5.41) is 5.32. The number of aromatic nitrogens is 1. The van der Waals surface area contributed by atoms with Gasteiger partial charge in [0.25, 0.3) is 5.91 Å². The molecule has 0 unspecified atom stereocenters. The predicted molar refractivity (Wildman–Crippen MR) is 88.8 cm³/mol. The van der Waals surface area contributed by atoms with E-state index in [4.69, 9.17) is 0 Å². The molecule has 6 heteroatoms. The van der Waals surface area contributed by atoms with Crippen molar-refractivity contribution in [3.05, 3.63) is 57.8 Å². The van der Waals surface area contributed by atoms with Gasteiger partial charge in [0.15, 0.2) is 0 Å². The summed E-state index contributed by atoms with van der Waals surface area (Å²) in [5.41, 5.74) is 2.71. The smallest absolute Gasteiger partial charge is 0.270 e. The molecule has 0 aliphatic heterocycles. The average Bonchev–Trinajstić information content (AvgIpc) is 2.47. The highest BCUT2D eigenvalue weighted by atomic mass is 79.9. The standard InChI is InChI=1S/C16H16BrN3O2/c1-10-8-12(17)6-7-13(10)20-15(21)9-18-16(22)14-5-3-4-11(2)19-14/h3-8H,9H2,1-2H3,(H,18,22)(H,20,21). The van der Waals surface area contributed by atoms with Crippen LogP contribution in [0.15, 0.2) is 40.9 Å². The molecule has 22 heavy (non-hydrogen) atoms. The minimum atomic E-state index is -0.369. The van der Waals surface area contributed by atoms with Gasteiger partial charge in [0.1, 0.15) is 5.69 Å². The van der Waals surface area contributed by atoms with Gasteiger partial charge in [-0.15, -0.1) is 0 Å². The maximum absolute atomic E-state index is 11.9. The number of halogens is 1. The summed E-state index contributed by atoms with van der Waals surface area (Å²) in [6.45, 7) is 3.60. The number of anilines is 1. The lowest BCUT2D eigenvalue weighted by Crippen LogP contribution is -2.33. The van der Waals surface area contributed by atoms with E-state index in [-0.39, 0.29) is 18.4 Å². The van der Waals surface area contributed by atoms with Gasteiger partial charge in [0.2, 0.25) is 5.91 Å². The molecular weight excluding hydrogens is 346 g/mol. The molecule has 5 nitrogen and oxygen atoms in total. The van der Waals surface area contributed by atoms with Gasteiger partial charge in [-0.3, -0.25) is 9.59 Å². The Morgan fingerprint density at radius 2 is 1.95 bits per heavy atom. The Balaban J connectivity index is 1.91. The molecule has 0 spiro atoms. The van der Waals surface area contributed by atoms with Gasteiger partial charge in [-0.2, -0.15) is 0 Å². The SMILES string of the molecule is Cc1cccc(C(=O)NCC(=O)Nc2ccc(Br)cc2C)n1. The molecule has 0 aliphatic rings. The van der Waals surface area contributed by atoms with Crippen molar-refractivity contribution in [2.24, 2.45) is 0 Å².